The zero-order valence-electron chi connectivity index (χ0n) is 86.1. The van der Waals surface area contributed by atoms with Crippen molar-refractivity contribution in [3.8, 4) is 118 Å². The van der Waals surface area contributed by atoms with Crippen LogP contribution in [-0.2, 0) is 69.7 Å². The third kappa shape index (κ3) is 38.1. The second kappa shape index (κ2) is 72.5. The Hall–Kier alpha value is -10.8. The molecule has 0 saturated carbocycles. The molecule has 0 amide bonds. The normalized spacial score (nSPS) is 9.64. The van der Waals surface area contributed by atoms with E-state index in [-0.39, 0.29) is 80.4 Å². The largest absolute Gasteiger partial charge is 0.507 e. The van der Waals surface area contributed by atoms with Gasteiger partial charge in [0.15, 0.2) is 0 Å². The van der Waals surface area contributed by atoms with Crippen LogP contribution in [-0.4, -0.2) is 49.8 Å². The molecule has 18 rings (SSSR count). The molecule has 0 unspecified atom stereocenters. The summed E-state index contributed by atoms with van der Waals surface area (Å²) in [6.07, 6.45) is 20.4. The fraction of sp³-hybridized carbons (Fsp3) is 0.311. The molecule has 0 atom stereocenters. The zero-order valence-corrected chi connectivity index (χ0v) is 93.8. The van der Waals surface area contributed by atoms with Gasteiger partial charge in [0.1, 0.15) is 33.7 Å². The van der Waals surface area contributed by atoms with Gasteiger partial charge in [-0.2, -0.15) is 0 Å². The van der Waals surface area contributed by atoms with Crippen molar-refractivity contribution in [1.29, 1.82) is 0 Å². The minimum atomic E-state index is 0. The SMILES string of the molecule is CCC.CCC.CCC.CCC.CCC.CCC.CCC.CCC.CCC.CCC.CCC.CCC.CCn1c(-c2ccccc2O)nc2c(-c3[c-]c(-c4ccccn4)cc4ccccc34)cccc21.Oc1ccccc1-c1nc2c(-c3[c-]c(-c4ccccn4)cc4ccccc34)cccc2o1.Oc1ccccc1-c1nc2c(-c3[c-]c(-c4ccccn4)cc4ccccc34)cccc2s1.[Pt].[Pt].[Pt]. The molecule has 15 heteroatoms. The van der Waals surface area contributed by atoms with Gasteiger partial charge in [0, 0.05) is 110 Å². The maximum Gasteiger partial charge on any atom is 0.230 e. The van der Waals surface area contributed by atoms with Crippen LogP contribution < -0.4 is 0 Å². The first-order valence-corrected chi connectivity index (χ1v) is 49.8. The number of para-hydroxylation sites is 6. The molecule has 738 valence electrons. The molecule has 6 heterocycles. The monoisotopic (exact) mass is 2400 g/mol. The smallest absolute Gasteiger partial charge is 0.230 e. The summed E-state index contributed by atoms with van der Waals surface area (Å²) >= 11 is 1.58. The van der Waals surface area contributed by atoms with Crippen molar-refractivity contribution in [3.63, 3.8) is 0 Å². The van der Waals surface area contributed by atoms with Crippen molar-refractivity contribution < 1.29 is 82.9 Å². The predicted octanol–water partition coefficient (Wildman–Crippen LogP) is 38.3. The summed E-state index contributed by atoms with van der Waals surface area (Å²) in [5.74, 6) is 1.74. The number of aromatic hydroxyl groups is 3. The molecular formula is C122H152N7O4Pt3S-3. The fourth-order valence-electron chi connectivity index (χ4n) is 12.7. The van der Waals surface area contributed by atoms with Gasteiger partial charge in [0.05, 0.1) is 38.8 Å². The molecular weight excluding hydrogens is 2240 g/mol. The summed E-state index contributed by atoms with van der Waals surface area (Å²) < 4.78 is 9.25. The fourth-order valence-corrected chi connectivity index (χ4v) is 13.8. The molecule has 18 aromatic rings. The number of imidazole rings is 1. The number of aryl methyl sites for hydroxylation is 1. The van der Waals surface area contributed by atoms with Gasteiger partial charge in [0.2, 0.25) is 5.89 Å². The summed E-state index contributed by atoms with van der Waals surface area (Å²) in [6, 6.07) is 100.0. The van der Waals surface area contributed by atoms with Gasteiger partial charge < -0.3 is 24.3 Å². The first-order chi connectivity index (χ1) is 65.3. The number of rotatable bonds is 10. The van der Waals surface area contributed by atoms with Crippen LogP contribution in [0, 0.1) is 18.2 Å². The maximum absolute atomic E-state index is 10.5. The second-order valence-electron chi connectivity index (χ2n) is 31.8. The molecule has 11 nitrogen and oxygen atoms in total. The molecule has 0 bridgehead atoms. The van der Waals surface area contributed by atoms with Crippen molar-refractivity contribution in [2.45, 2.75) is 257 Å². The predicted molar refractivity (Wildman–Crippen MR) is 587 cm³/mol. The van der Waals surface area contributed by atoms with Gasteiger partial charge in [-0.15, -0.1) is 64.4 Å². The van der Waals surface area contributed by atoms with E-state index in [0.29, 0.717) is 17.0 Å². The number of benzene rings is 12. The zero-order chi connectivity index (χ0) is 98.5. The third-order valence-electron chi connectivity index (χ3n) is 17.3. The van der Waals surface area contributed by atoms with Crippen LogP contribution >= 0.6 is 11.3 Å². The van der Waals surface area contributed by atoms with Crippen molar-refractivity contribution in [1.82, 2.24) is 34.5 Å². The molecule has 0 saturated heterocycles. The second-order valence-corrected chi connectivity index (χ2v) is 32.8. The number of oxazole rings is 1. The van der Waals surface area contributed by atoms with Gasteiger partial charge in [-0.25, -0.2) is 15.0 Å². The molecule has 0 spiro atoms. The maximum atomic E-state index is 10.5. The van der Waals surface area contributed by atoms with E-state index < -0.39 is 0 Å². The van der Waals surface area contributed by atoms with Crippen LogP contribution in [0.1, 0.15) is 250 Å². The summed E-state index contributed by atoms with van der Waals surface area (Å²) in [6.45, 7) is 53.8. The Morgan fingerprint density at radius 2 is 0.584 bits per heavy atom. The molecule has 12 aromatic carbocycles. The molecule has 0 aliphatic carbocycles. The van der Waals surface area contributed by atoms with Crippen LogP contribution in [0.4, 0.5) is 0 Å². The Bertz CT molecular complexity index is 5970. The summed E-state index contributed by atoms with van der Waals surface area (Å²) in [4.78, 5) is 28.4. The molecule has 0 fully saturated rings. The quantitative estimate of drug-likeness (QED) is 0.113. The first-order valence-electron chi connectivity index (χ1n) is 49.0. The first kappa shape index (κ1) is 124. The van der Waals surface area contributed by atoms with Crippen molar-refractivity contribution >= 4 is 76.0 Å². The van der Waals surface area contributed by atoms with E-state index in [1.165, 1.54) is 77.0 Å². The number of thiazole rings is 1. The van der Waals surface area contributed by atoms with E-state index in [2.05, 4.69) is 320 Å². The van der Waals surface area contributed by atoms with Gasteiger partial charge in [-0.05, 0) is 79.7 Å². The molecule has 0 aliphatic heterocycles. The van der Waals surface area contributed by atoms with Crippen LogP contribution in [0.25, 0.3) is 165 Å². The third-order valence-corrected chi connectivity index (χ3v) is 18.4. The van der Waals surface area contributed by atoms with Crippen LogP contribution in [0.15, 0.2) is 296 Å². The number of hydrogen-bond acceptors (Lipinski definition) is 11. The number of nitrogens with zero attached hydrogens (tertiary/aromatic N) is 7. The Kier molecular flexibility index (Phi) is 65.7. The van der Waals surface area contributed by atoms with Crippen LogP contribution in [0.5, 0.6) is 17.2 Å². The van der Waals surface area contributed by atoms with Gasteiger partial charge in [0.25, 0.3) is 0 Å². The number of aromatic nitrogens is 7. The molecule has 0 radical (unpaired) electrons. The van der Waals surface area contributed by atoms with Crippen LogP contribution in [0.3, 0.4) is 0 Å². The van der Waals surface area contributed by atoms with E-state index in [0.717, 1.165) is 155 Å². The summed E-state index contributed by atoms with van der Waals surface area (Å²) in [7, 11) is 0. The van der Waals surface area contributed by atoms with Gasteiger partial charge in [-0.1, -0.05) is 491 Å². The number of pyridine rings is 3. The minimum Gasteiger partial charge on any atom is -0.507 e. The van der Waals surface area contributed by atoms with E-state index in [1.807, 2.05) is 133 Å². The number of phenols is 3. The average molecular weight is 2400 g/mol. The van der Waals surface area contributed by atoms with Gasteiger partial charge in [-0.3, -0.25) is 15.0 Å². The van der Waals surface area contributed by atoms with E-state index in [1.54, 1.807) is 60.3 Å². The Labute approximate surface area is 870 Å². The van der Waals surface area contributed by atoms with Crippen molar-refractivity contribution in [3.05, 3.63) is 310 Å². The van der Waals surface area contributed by atoms with E-state index in [9.17, 15) is 15.3 Å². The van der Waals surface area contributed by atoms with Crippen LogP contribution in [0.2, 0.25) is 0 Å². The topological polar surface area (TPSA) is 156 Å². The molecule has 3 N–H and O–H groups in total. The molecule has 137 heavy (non-hydrogen) atoms. The average Bonchev–Trinajstić information content (AvgIpc) is 1.69. The van der Waals surface area contributed by atoms with Crippen molar-refractivity contribution in [2.24, 2.45) is 0 Å². The Balaban J connectivity index is 0.000000865. The summed E-state index contributed by atoms with van der Waals surface area (Å²) in [5.41, 5.74) is 17.6. The molecule has 6 aromatic heterocycles. The van der Waals surface area contributed by atoms with E-state index in [4.69, 9.17) is 19.4 Å². The number of hydrogen-bond donors (Lipinski definition) is 3. The summed E-state index contributed by atoms with van der Waals surface area (Å²) in [5, 5.41) is 38.6. The van der Waals surface area contributed by atoms with Gasteiger partial charge >= 0.3 is 0 Å². The standard InChI is InChI=1S/C30H22N3O.C28H17N2O2.C28H17N2OS.12C3H8.3Pt/c1-2-33-27-15-9-13-23(29(27)32-30(33)24-12-5-6-16-28(24)34)25-19-21(26-14-7-8-17-31-26)18-20-10-3-4-11-22(20)25;2*31-25-13-4-3-10-22(25)28-30-27-21(11-7-14-26(27)32-28)23-17-19(24-12-5-6-15-29-24)16-18-8-1-2-9-20(18)23;12*1-3-2;;;/h3-18,34H,2H2,1H3;2*1-16,31H;12*3H2,1-2H3;;;/q3*-1;;;;;;;;;;;;;;;. The minimum absolute atomic E-state index is 0. The number of fused-ring (bicyclic) bond motifs is 6. The molecule has 0 aliphatic rings. The van der Waals surface area contributed by atoms with Crippen molar-refractivity contribution in [2.75, 3.05) is 0 Å². The number of phenolic OH excluding ortho intramolecular Hbond substituents is 3. The Morgan fingerprint density at radius 1 is 0.285 bits per heavy atom. The van der Waals surface area contributed by atoms with E-state index >= 15 is 0 Å². The Morgan fingerprint density at radius 3 is 0.934 bits per heavy atom.